The number of hydrogen-bond acceptors (Lipinski definition) is 3. The number of ether oxygens (including phenoxy) is 2. The molecule has 2 rings (SSSR count). The maximum atomic E-state index is 11.6. The van der Waals surface area contributed by atoms with Crippen molar-refractivity contribution in [3.63, 3.8) is 0 Å². The predicted octanol–water partition coefficient (Wildman–Crippen LogP) is 5.65. The van der Waals surface area contributed by atoms with Crippen molar-refractivity contribution >= 4 is 12.0 Å². The van der Waals surface area contributed by atoms with Gasteiger partial charge in [-0.05, 0) is 55.7 Å². The topological polar surface area (TPSA) is 47.6 Å². The number of benzene rings is 1. The molecular formula is C24H33NO3. The molecule has 0 saturated heterocycles. The maximum absolute atomic E-state index is 11.6. The van der Waals surface area contributed by atoms with Crippen LogP contribution < -0.4 is 14.8 Å². The monoisotopic (exact) mass is 383 g/mol. The van der Waals surface area contributed by atoms with Gasteiger partial charge in [0.25, 0.3) is 0 Å². The van der Waals surface area contributed by atoms with Crippen molar-refractivity contribution in [2.75, 3.05) is 13.3 Å². The quantitative estimate of drug-likeness (QED) is 0.288. The lowest BCUT2D eigenvalue weighted by molar-refractivity contribution is -0.116. The van der Waals surface area contributed by atoms with Crippen LogP contribution in [0.2, 0.25) is 0 Å². The summed E-state index contributed by atoms with van der Waals surface area (Å²) in [5.74, 6) is 2.26. The second-order valence-electron chi connectivity index (χ2n) is 7.41. The normalized spacial score (nSPS) is 13.4. The van der Waals surface area contributed by atoms with E-state index in [-0.39, 0.29) is 5.91 Å². The Balaban J connectivity index is 1.48. The molecule has 1 aliphatic heterocycles. The first-order valence-electron chi connectivity index (χ1n) is 10.3. The van der Waals surface area contributed by atoms with E-state index in [1.807, 2.05) is 30.4 Å². The van der Waals surface area contributed by atoms with Crippen LogP contribution in [-0.4, -0.2) is 19.2 Å². The Morgan fingerprint density at radius 3 is 2.68 bits per heavy atom. The van der Waals surface area contributed by atoms with Gasteiger partial charge in [0.2, 0.25) is 12.7 Å². The average Bonchev–Trinajstić information content (AvgIpc) is 3.13. The fourth-order valence-electron chi connectivity index (χ4n) is 2.80. The van der Waals surface area contributed by atoms with Crippen LogP contribution in [0.1, 0.15) is 57.9 Å². The SMILES string of the molecule is CC(C)CCNC(=O)C=CC=CCCCCCC=Cc1ccc2c(c1)OCO2. The van der Waals surface area contributed by atoms with Crippen LogP contribution in [0.4, 0.5) is 0 Å². The Hall–Kier alpha value is -2.49. The second kappa shape index (κ2) is 12.8. The van der Waals surface area contributed by atoms with Gasteiger partial charge in [0.1, 0.15) is 0 Å². The van der Waals surface area contributed by atoms with Crippen LogP contribution in [0.3, 0.4) is 0 Å². The number of rotatable bonds is 12. The molecule has 0 radical (unpaired) electrons. The molecule has 1 aromatic carbocycles. The number of carbonyl (C=O) groups excluding carboxylic acids is 1. The van der Waals surface area contributed by atoms with Gasteiger partial charge in [-0.1, -0.05) is 56.7 Å². The number of fused-ring (bicyclic) bond motifs is 1. The molecule has 0 atom stereocenters. The first kappa shape index (κ1) is 21.8. The second-order valence-corrected chi connectivity index (χ2v) is 7.41. The highest BCUT2D eigenvalue weighted by Gasteiger charge is 2.11. The third-order valence-corrected chi connectivity index (χ3v) is 4.46. The lowest BCUT2D eigenvalue weighted by atomic mass is 10.1. The molecule has 152 valence electrons. The molecule has 1 amide bonds. The smallest absolute Gasteiger partial charge is 0.243 e. The molecule has 0 saturated carbocycles. The lowest BCUT2D eigenvalue weighted by Gasteiger charge is -2.04. The molecule has 0 aromatic heterocycles. The van der Waals surface area contributed by atoms with Crippen molar-refractivity contribution in [3.05, 3.63) is 54.1 Å². The summed E-state index contributed by atoms with van der Waals surface area (Å²) in [6, 6.07) is 6.02. The van der Waals surface area contributed by atoms with Gasteiger partial charge >= 0.3 is 0 Å². The van der Waals surface area contributed by atoms with Gasteiger partial charge < -0.3 is 14.8 Å². The summed E-state index contributed by atoms with van der Waals surface area (Å²) in [6.07, 6.45) is 18.5. The minimum atomic E-state index is -0.0143. The number of carbonyl (C=O) groups is 1. The molecule has 0 unspecified atom stereocenters. The highest BCUT2D eigenvalue weighted by molar-refractivity contribution is 5.87. The van der Waals surface area contributed by atoms with Crippen molar-refractivity contribution in [1.29, 1.82) is 0 Å². The largest absolute Gasteiger partial charge is 0.454 e. The summed E-state index contributed by atoms with van der Waals surface area (Å²) in [6.45, 7) is 5.37. The van der Waals surface area contributed by atoms with E-state index < -0.39 is 0 Å². The zero-order chi connectivity index (χ0) is 20.0. The highest BCUT2D eigenvalue weighted by atomic mass is 16.7. The molecule has 1 aromatic rings. The van der Waals surface area contributed by atoms with Gasteiger partial charge in [0, 0.05) is 12.6 Å². The van der Waals surface area contributed by atoms with Crippen molar-refractivity contribution in [2.45, 2.75) is 52.4 Å². The fraction of sp³-hybridized carbons (Fsp3) is 0.458. The van der Waals surface area contributed by atoms with E-state index in [2.05, 4.69) is 37.4 Å². The van der Waals surface area contributed by atoms with E-state index in [9.17, 15) is 4.79 Å². The molecule has 0 bridgehead atoms. The van der Waals surface area contributed by atoms with Crippen LogP contribution in [0, 0.1) is 5.92 Å². The summed E-state index contributed by atoms with van der Waals surface area (Å²) < 4.78 is 10.7. The predicted molar refractivity (Wildman–Crippen MR) is 115 cm³/mol. The molecule has 0 fully saturated rings. The summed E-state index contributed by atoms with van der Waals surface area (Å²) in [4.78, 5) is 11.6. The van der Waals surface area contributed by atoms with Crippen LogP contribution in [-0.2, 0) is 4.79 Å². The lowest BCUT2D eigenvalue weighted by Crippen LogP contribution is -2.23. The molecule has 1 aliphatic rings. The molecule has 1 heterocycles. The van der Waals surface area contributed by atoms with Crippen LogP contribution in [0.15, 0.2) is 48.6 Å². The van der Waals surface area contributed by atoms with Gasteiger partial charge in [-0.25, -0.2) is 0 Å². The Kier molecular flexibility index (Phi) is 9.98. The summed E-state index contributed by atoms with van der Waals surface area (Å²) in [7, 11) is 0. The Labute approximate surface area is 169 Å². The number of unbranched alkanes of at least 4 members (excludes halogenated alkanes) is 4. The Morgan fingerprint density at radius 2 is 1.86 bits per heavy atom. The summed E-state index contributed by atoms with van der Waals surface area (Å²) in [5, 5.41) is 2.89. The zero-order valence-corrected chi connectivity index (χ0v) is 17.2. The average molecular weight is 384 g/mol. The highest BCUT2D eigenvalue weighted by Crippen LogP contribution is 2.32. The molecule has 4 nitrogen and oxygen atoms in total. The molecule has 0 aliphatic carbocycles. The Morgan fingerprint density at radius 1 is 1.07 bits per heavy atom. The van der Waals surface area contributed by atoms with E-state index in [1.54, 1.807) is 6.08 Å². The van der Waals surface area contributed by atoms with Crippen molar-refractivity contribution in [2.24, 2.45) is 5.92 Å². The minimum absolute atomic E-state index is 0.0143. The molecule has 4 heteroatoms. The van der Waals surface area contributed by atoms with Crippen LogP contribution in [0.5, 0.6) is 11.5 Å². The third-order valence-electron chi connectivity index (χ3n) is 4.46. The number of allylic oxidation sites excluding steroid dienone is 4. The number of nitrogens with one attached hydrogen (secondary N) is 1. The van der Waals surface area contributed by atoms with Crippen molar-refractivity contribution in [3.8, 4) is 11.5 Å². The van der Waals surface area contributed by atoms with Gasteiger partial charge in [-0.15, -0.1) is 0 Å². The number of amides is 1. The van der Waals surface area contributed by atoms with E-state index in [0.29, 0.717) is 12.7 Å². The van der Waals surface area contributed by atoms with Gasteiger partial charge in [0.05, 0.1) is 0 Å². The summed E-state index contributed by atoms with van der Waals surface area (Å²) >= 11 is 0. The molecule has 1 N–H and O–H groups in total. The van der Waals surface area contributed by atoms with E-state index in [1.165, 1.54) is 19.3 Å². The first-order chi connectivity index (χ1) is 13.6. The van der Waals surface area contributed by atoms with Crippen LogP contribution in [0.25, 0.3) is 6.08 Å². The standard InChI is InChI=1S/C24H33NO3/c1-20(2)16-17-25-24(26)13-11-9-7-5-3-4-6-8-10-12-21-14-15-22-23(18-21)28-19-27-22/h7,9-15,18,20H,3-6,8,16-17,19H2,1-2H3,(H,25,26). The Bertz CT molecular complexity index is 689. The first-order valence-corrected chi connectivity index (χ1v) is 10.3. The molecule has 28 heavy (non-hydrogen) atoms. The van der Waals surface area contributed by atoms with Gasteiger partial charge in [-0.2, -0.15) is 0 Å². The van der Waals surface area contributed by atoms with Gasteiger partial charge in [-0.3, -0.25) is 4.79 Å². The van der Waals surface area contributed by atoms with Gasteiger partial charge in [0.15, 0.2) is 11.5 Å². The van der Waals surface area contributed by atoms with Crippen molar-refractivity contribution < 1.29 is 14.3 Å². The molecular weight excluding hydrogens is 350 g/mol. The van der Waals surface area contributed by atoms with Crippen LogP contribution >= 0.6 is 0 Å². The third kappa shape index (κ3) is 8.94. The zero-order valence-electron chi connectivity index (χ0n) is 17.2. The van der Waals surface area contributed by atoms with Crippen molar-refractivity contribution in [1.82, 2.24) is 5.32 Å². The maximum Gasteiger partial charge on any atom is 0.243 e. The van der Waals surface area contributed by atoms with E-state index in [4.69, 9.17) is 9.47 Å². The van der Waals surface area contributed by atoms with E-state index >= 15 is 0 Å². The molecule has 0 spiro atoms. The number of hydrogen-bond donors (Lipinski definition) is 1. The summed E-state index contributed by atoms with van der Waals surface area (Å²) in [5.41, 5.74) is 1.15. The van der Waals surface area contributed by atoms with E-state index in [0.717, 1.165) is 42.9 Å². The fourth-order valence-corrected chi connectivity index (χ4v) is 2.80. The minimum Gasteiger partial charge on any atom is -0.454 e.